The van der Waals surface area contributed by atoms with Gasteiger partial charge in [0.25, 0.3) is 0 Å². The van der Waals surface area contributed by atoms with E-state index in [1.54, 1.807) is 36.5 Å². The predicted molar refractivity (Wildman–Crippen MR) is 158 cm³/mol. The van der Waals surface area contributed by atoms with E-state index in [4.69, 9.17) is 19.8 Å². The molecule has 0 atom stereocenters. The molecule has 7 aromatic rings. The van der Waals surface area contributed by atoms with Gasteiger partial charge < -0.3 is 18.8 Å². The molecule has 1 radical (unpaired) electrons. The second-order valence-electron chi connectivity index (χ2n) is 10.3. The molecule has 7 rings (SSSR count). The number of furan rings is 2. The molecule has 40 heavy (non-hydrogen) atoms. The van der Waals surface area contributed by atoms with Gasteiger partial charge >= 0.3 is 0 Å². The van der Waals surface area contributed by atoms with Gasteiger partial charge in [0, 0.05) is 43.5 Å². The van der Waals surface area contributed by atoms with Crippen LogP contribution >= 0.6 is 0 Å². The monoisotopic (exact) mass is 711 g/mol. The van der Waals surface area contributed by atoms with Crippen LogP contribution in [-0.2, 0) is 26.5 Å². The molecular weight excluding hydrogens is 673 g/mol. The molecule has 0 saturated carbocycles. The minimum Gasteiger partial charge on any atom is -0.500 e. The van der Waals surface area contributed by atoms with Crippen molar-refractivity contribution in [2.45, 2.75) is 40.8 Å². The number of hydrogen-bond acceptors (Lipinski definition) is 4. The average Bonchev–Trinajstić information content (AvgIpc) is 3.60. The van der Waals surface area contributed by atoms with Crippen LogP contribution in [0.15, 0.2) is 88.0 Å². The van der Waals surface area contributed by atoms with Crippen LogP contribution in [0.1, 0.15) is 48.4 Å². The molecule has 0 spiro atoms. The Morgan fingerprint density at radius 3 is 2.33 bits per heavy atom. The molecule has 0 aliphatic heterocycles. The molecule has 4 heterocycles. The maximum Gasteiger partial charge on any atom is 0.124 e. The molecule has 0 aliphatic carbocycles. The summed E-state index contributed by atoms with van der Waals surface area (Å²) in [6.45, 7) is 1.35. The first kappa shape index (κ1) is 19.3. The molecule has 4 aromatic heterocycles. The number of hydrogen-bond donors (Lipinski definition) is 0. The van der Waals surface area contributed by atoms with E-state index in [-0.39, 0.29) is 31.2 Å². The Kier molecular flexibility index (Phi) is 5.31. The van der Waals surface area contributed by atoms with Crippen molar-refractivity contribution in [2.75, 3.05) is 0 Å². The molecule has 0 saturated heterocycles. The maximum atomic E-state index is 8.56. The van der Waals surface area contributed by atoms with Crippen LogP contribution in [0, 0.1) is 31.3 Å². The van der Waals surface area contributed by atoms with Gasteiger partial charge in [0.15, 0.2) is 0 Å². The third-order valence-corrected chi connectivity index (χ3v) is 6.11. The standard InChI is InChI=1S/C22H18NO2.C13H12N.Ir/c1-22(2,3)12-13-9-10-23-15(11-13)14-7-8-18-20-19-16(24-18)5-4-6-17(19)25-21(14)20;1-10-3-6-12(7-4-10)13-8-5-11(2)9-14-13;/h4-6,8-11H,12H2,1-3H3;3-6,8-9H,1-2H3;/q2*-1;/i12D2;1D3,2D3;. The third-order valence-electron chi connectivity index (χ3n) is 6.11. The van der Waals surface area contributed by atoms with Crippen LogP contribution < -0.4 is 0 Å². The normalized spacial score (nSPS) is 15.5. The molecule has 0 bridgehead atoms. The summed E-state index contributed by atoms with van der Waals surface area (Å²) < 4.78 is 72.8. The van der Waals surface area contributed by atoms with Gasteiger partial charge in [-0.2, -0.15) is 0 Å². The number of benzene rings is 3. The van der Waals surface area contributed by atoms with E-state index in [1.165, 1.54) is 24.4 Å². The van der Waals surface area contributed by atoms with Gasteiger partial charge in [-0.05, 0) is 59.2 Å². The summed E-state index contributed by atoms with van der Waals surface area (Å²) in [5, 5.41) is 1.90. The van der Waals surface area contributed by atoms with E-state index in [9.17, 15) is 0 Å². The number of pyridine rings is 2. The van der Waals surface area contributed by atoms with E-state index < -0.39 is 25.5 Å². The maximum absolute atomic E-state index is 8.56. The van der Waals surface area contributed by atoms with Crippen molar-refractivity contribution in [3.8, 4) is 22.5 Å². The Bertz CT molecular complexity index is 2120. The van der Waals surface area contributed by atoms with Crippen molar-refractivity contribution >= 4 is 33.1 Å². The first-order valence-electron chi connectivity index (χ1n) is 16.5. The van der Waals surface area contributed by atoms with Crippen molar-refractivity contribution in [1.82, 2.24) is 9.97 Å². The van der Waals surface area contributed by atoms with Crippen molar-refractivity contribution in [1.29, 1.82) is 0 Å². The zero-order valence-corrected chi connectivity index (χ0v) is 24.4. The van der Waals surface area contributed by atoms with Crippen LogP contribution in [0.5, 0.6) is 0 Å². The second-order valence-corrected chi connectivity index (χ2v) is 10.3. The Balaban J connectivity index is 0.000000193. The van der Waals surface area contributed by atoms with Crippen molar-refractivity contribution < 1.29 is 39.9 Å². The van der Waals surface area contributed by atoms with E-state index in [0.29, 0.717) is 33.7 Å². The molecule has 3 aromatic carbocycles. The Morgan fingerprint density at radius 2 is 1.62 bits per heavy atom. The molecule has 0 fully saturated rings. The summed E-state index contributed by atoms with van der Waals surface area (Å²) in [5.74, 6) is 0. The van der Waals surface area contributed by atoms with Gasteiger partial charge in [0.2, 0.25) is 0 Å². The van der Waals surface area contributed by atoms with Gasteiger partial charge in [0.1, 0.15) is 11.2 Å². The first-order chi connectivity index (χ1) is 21.9. The van der Waals surface area contributed by atoms with Crippen LogP contribution in [0.3, 0.4) is 0 Å². The third kappa shape index (κ3) is 5.58. The van der Waals surface area contributed by atoms with Gasteiger partial charge in [-0.3, -0.25) is 0 Å². The number of nitrogens with zero attached hydrogens (tertiary/aromatic N) is 2. The van der Waals surface area contributed by atoms with E-state index in [0.717, 1.165) is 27.5 Å². The fraction of sp³-hybridized carbons (Fsp3) is 0.200. The topological polar surface area (TPSA) is 52.1 Å². The van der Waals surface area contributed by atoms with Crippen LogP contribution in [0.2, 0.25) is 0 Å². The minimum absolute atomic E-state index is 0. The van der Waals surface area contributed by atoms with Gasteiger partial charge in [-0.15, -0.1) is 47.5 Å². The molecule has 5 heteroatoms. The predicted octanol–water partition coefficient (Wildman–Crippen LogP) is 9.38. The largest absolute Gasteiger partial charge is 0.500 e. The molecule has 0 unspecified atom stereocenters. The zero-order chi connectivity index (χ0) is 33.9. The van der Waals surface area contributed by atoms with Crippen molar-refractivity contribution in [2.24, 2.45) is 5.41 Å². The Labute approximate surface area is 259 Å². The average molecular weight is 711 g/mol. The van der Waals surface area contributed by atoms with Gasteiger partial charge in [0.05, 0.1) is 16.6 Å². The fourth-order valence-electron chi connectivity index (χ4n) is 4.49. The number of rotatable bonds is 3. The fourth-order valence-corrected chi connectivity index (χ4v) is 4.49. The zero-order valence-electron chi connectivity index (χ0n) is 30.0. The first-order valence-corrected chi connectivity index (χ1v) is 12.5. The molecule has 0 amide bonds. The van der Waals surface area contributed by atoms with Crippen molar-refractivity contribution in [3.63, 3.8) is 0 Å². The van der Waals surface area contributed by atoms with Crippen molar-refractivity contribution in [3.05, 3.63) is 108 Å². The Morgan fingerprint density at radius 1 is 0.825 bits per heavy atom. The summed E-state index contributed by atoms with van der Waals surface area (Å²) in [6, 6.07) is 24.7. The molecule has 0 N–H and O–H groups in total. The van der Waals surface area contributed by atoms with Crippen LogP contribution in [0.4, 0.5) is 0 Å². The van der Waals surface area contributed by atoms with E-state index in [2.05, 4.69) is 22.1 Å². The van der Waals surface area contributed by atoms with Crippen LogP contribution in [-0.4, -0.2) is 9.97 Å². The second kappa shape index (κ2) is 11.0. The summed E-state index contributed by atoms with van der Waals surface area (Å²) in [7, 11) is 0. The van der Waals surface area contributed by atoms with Gasteiger partial charge in [-0.1, -0.05) is 63.0 Å². The van der Waals surface area contributed by atoms with Crippen LogP contribution in [0.25, 0.3) is 55.6 Å². The summed E-state index contributed by atoms with van der Waals surface area (Å²) >= 11 is 0. The molecular formula is C35H30IrN2O2-2. The number of aryl methyl sites for hydroxylation is 2. The number of aromatic nitrogens is 2. The van der Waals surface area contributed by atoms with E-state index >= 15 is 0 Å². The molecule has 0 aliphatic rings. The van der Waals surface area contributed by atoms with Gasteiger partial charge in [-0.25, -0.2) is 0 Å². The Hall–Kier alpha value is -3.79. The van der Waals surface area contributed by atoms with E-state index in [1.807, 2.05) is 39.0 Å². The smallest absolute Gasteiger partial charge is 0.124 e. The minimum atomic E-state index is -2.18. The summed E-state index contributed by atoms with van der Waals surface area (Å²) in [6.07, 6.45) is 1.45. The molecule has 203 valence electrons. The summed E-state index contributed by atoms with van der Waals surface area (Å²) in [4.78, 5) is 8.55. The quantitative estimate of drug-likeness (QED) is 0.172. The SMILES string of the molecule is [2H]C([2H])([2H])c1c[c-]c(-c2ccc(C([2H])([2H])[2H])cn2)cc1.[2H]C([2H])(c1ccnc(-c2[c-]cc3oc4cccc5oc2c3c45)c1)C(C)(C)C.[Ir]. The molecule has 4 nitrogen and oxygen atoms in total. The summed E-state index contributed by atoms with van der Waals surface area (Å²) in [5.41, 5.74) is 5.91.